The number of nitrogens with zero attached hydrogens (tertiary/aromatic N) is 2. The molecule has 0 aromatic heterocycles. The van der Waals surface area contributed by atoms with Crippen molar-refractivity contribution in [3.63, 3.8) is 0 Å². The summed E-state index contributed by atoms with van der Waals surface area (Å²) in [5, 5.41) is 0. The van der Waals surface area contributed by atoms with Crippen molar-refractivity contribution in [1.29, 1.82) is 0 Å². The number of carbonyl (C=O) groups excluding carboxylic acids is 2. The number of methoxy groups -OCH3 is 1. The number of halogens is 1. The molecule has 1 saturated heterocycles. The van der Waals surface area contributed by atoms with Crippen molar-refractivity contribution in [3.8, 4) is 5.75 Å². The number of hydrogen-bond acceptors (Lipinski definition) is 3. The van der Waals surface area contributed by atoms with Crippen molar-refractivity contribution in [3.05, 3.63) is 65.5 Å². The Morgan fingerprint density at radius 2 is 1.65 bits per heavy atom. The highest BCUT2D eigenvalue weighted by Crippen LogP contribution is 2.16. The molecule has 1 fully saturated rings. The molecule has 0 N–H and O–H groups in total. The van der Waals surface area contributed by atoms with E-state index in [1.807, 2.05) is 0 Å². The second-order valence-electron chi connectivity index (χ2n) is 6.21. The van der Waals surface area contributed by atoms with E-state index in [2.05, 4.69) is 0 Å². The van der Waals surface area contributed by atoms with Gasteiger partial charge in [-0.15, -0.1) is 0 Å². The summed E-state index contributed by atoms with van der Waals surface area (Å²) in [5.74, 6) is 0.259. The van der Waals surface area contributed by atoms with Crippen LogP contribution in [0.1, 0.15) is 15.9 Å². The molecule has 1 aliphatic heterocycles. The molecular formula is C20H21FN2O3. The summed E-state index contributed by atoms with van der Waals surface area (Å²) in [6.07, 6.45) is 0.240. The lowest BCUT2D eigenvalue weighted by molar-refractivity contribution is -0.131. The van der Waals surface area contributed by atoms with Crippen molar-refractivity contribution >= 4 is 11.8 Å². The Balaban J connectivity index is 1.55. The quantitative estimate of drug-likeness (QED) is 0.845. The van der Waals surface area contributed by atoms with E-state index >= 15 is 0 Å². The van der Waals surface area contributed by atoms with E-state index in [1.165, 1.54) is 12.1 Å². The molecule has 3 rings (SSSR count). The summed E-state index contributed by atoms with van der Waals surface area (Å²) in [7, 11) is 1.56. The fraction of sp³-hybridized carbons (Fsp3) is 0.300. The normalized spacial score (nSPS) is 14.2. The van der Waals surface area contributed by atoms with Crippen LogP contribution in [-0.4, -0.2) is 54.9 Å². The third-order valence-corrected chi connectivity index (χ3v) is 4.50. The summed E-state index contributed by atoms with van der Waals surface area (Å²) in [6, 6.07) is 13.0. The van der Waals surface area contributed by atoms with Crippen LogP contribution >= 0.6 is 0 Å². The average Bonchev–Trinajstić information content (AvgIpc) is 2.69. The fourth-order valence-corrected chi connectivity index (χ4v) is 2.99. The molecule has 0 radical (unpaired) electrons. The zero-order chi connectivity index (χ0) is 18.5. The van der Waals surface area contributed by atoms with Crippen molar-refractivity contribution in [2.45, 2.75) is 6.42 Å². The Morgan fingerprint density at radius 1 is 1.00 bits per heavy atom. The van der Waals surface area contributed by atoms with Gasteiger partial charge in [-0.2, -0.15) is 0 Å². The average molecular weight is 356 g/mol. The minimum Gasteiger partial charge on any atom is -0.497 e. The molecular weight excluding hydrogens is 335 g/mol. The Hall–Kier alpha value is -2.89. The number of hydrogen-bond donors (Lipinski definition) is 0. The van der Waals surface area contributed by atoms with Gasteiger partial charge in [-0.25, -0.2) is 4.39 Å². The maximum atomic E-state index is 12.9. The maximum absolute atomic E-state index is 12.9. The molecule has 0 bridgehead atoms. The highest BCUT2D eigenvalue weighted by atomic mass is 19.1. The van der Waals surface area contributed by atoms with Crippen LogP contribution in [0, 0.1) is 5.82 Å². The molecule has 2 aromatic rings. The van der Waals surface area contributed by atoms with Crippen molar-refractivity contribution in [2.75, 3.05) is 33.3 Å². The number of piperazine rings is 1. The minimum atomic E-state index is -0.314. The predicted molar refractivity (Wildman–Crippen MR) is 95.6 cm³/mol. The Morgan fingerprint density at radius 3 is 2.31 bits per heavy atom. The Labute approximate surface area is 152 Å². The molecule has 0 unspecified atom stereocenters. The summed E-state index contributed by atoms with van der Waals surface area (Å²) in [6.45, 7) is 1.97. The predicted octanol–water partition coefficient (Wildman–Crippen LogP) is 2.36. The van der Waals surface area contributed by atoms with Crippen LogP contribution in [0.15, 0.2) is 48.5 Å². The smallest absolute Gasteiger partial charge is 0.254 e. The summed E-state index contributed by atoms with van der Waals surface area (Å²) in [5.41, 5.74) is 1.36. The van der Waals surface area contributed by atoms with E-state index in [0.717, 1.165) is 5.56 Å². The molecule has 0 spiro atoms. The first-order chi connectivity index (χ1) is 12.6. The molecule has 5 nitrogen and oxygen atoms in total. The topological polar surface area (TPSA) is 49.9 Å². The summed E-state index contributed by atoms with van der Waals surface area (Å²) < 4.78 is 18.1. The van der Waals surface area contributed by atoms with Gasteiger partial charge in [0.25, 0.3) is 5.91 Å². The van der Waals surface area contributed by atoms with E-state index in [0.29, 0.717) is 37.5 Å². The SMILES string of the molecule is COc1cccc(C(=O)N2CCN(C(=O)Cc3ccc(F)cc3)CC2)c1. The van der Waals surface area contributed by atoms with Crippen molar-refractivity contribution in [2.24, 2.45) is 0 Å². The Kier molecular flexibility index (Phi) is 5.51. The summed E-state index contributed by atoms with van der Waals surface area (Å²) >= 11 is 0. The molecule has 0 saturated carbocycles. The van der Waals surface area contributed by atoms with Gasteiger partial charge in [0.05, 0.1) is 13.5 Å². The van der Waals surface area contributed by atoms with Crippen LogP contribution in [0.5, 0.6) is 5.75 Å². The van der Waals surface area contributed by atoms with Gasteiger partial charge in [-0.1, -0.05) is 18.2 Å². The zero-order valence-electron chi connectivity index (χ0n) is 14.7. The molecule has 0 atom stereocenters. The standard InChI is InChI=1S/C20H21FN2O3/c1-26-18-4-2-3-16(14-18)20(25)23-11-9-22(10-12-23)19(24)13-15-5-7-17(21)8-6-15/h2-8,14H,9-13H2,1H3. The molecule has 6 heteroatoms. The first-order valence-electron chi connectivity index (χ1n) is 8.52. The Bertz CT molecular complexity index is 784. The lowest BCUT2D eigenvalue weighted by Crippen LogP contribution is -2.51. The van der Waals surface area contributed by atoms with E-state index in [1.54, 1.807) is 53.3 Å². The van der Waals surface area contributed by atoms with E-state index in [9.17, 15) is 14.0 Å². The second kappa shape index (κ2) is 7.99. The van der Waals surface area contributed by atoms with Gasteiger partial charge < -0.3 is 14.5 Å². The molecule has 136 valence electrons. The molecule has 26 heavy (non-hydrogen) atoms. The third kappa shape index (κ3) is 4.20. The monoisotopic (exact) mass is 356 g/mol. The van der Waals surface area contributed by atoms with Gasteiger partial charge in [0, 0.05) is 31.7 Å². The highest BCUT2D eigenvalue weighted by molar-refractivity contribution is 5.94. The van der Waals surface area contributed by atoms with E-state index < -0.39 is 0 Å². The molecule has 2 aromatic carbocycles. The first kappa shape index (κ1) is 17.9. The number of rotatable bonds is 4. The largest absolute Gasteiger partial charge is 0.497 e. The lowest BCUT2D eigenvalue weighted by Gasteiger charge is -2.35. The molecule has 1 aliphatic rings. The second-order valence-corrected chi connectivity index (χ2v) is 6.21. The molecule has 0 aliphatic carbocycles. The summed E-state index contributed by atoms with van der Waals surface area (Å²) in [4.78, 5) is 28.5. The van der Waals surface area contributed by atoms with Crippen molar-refractivity contribution < 1.29 is 18.7 Å². The van der Waals surface area contributed by atoms with Crippen molar-refractivity contribution in [1.82, 2.24) is 9.80 Å². The first-order valence-corrected chi connectivity index (χ1v) is 8.52. The number of amides is 2. The van der Waals surface area contributed by atoms with Gasteiger partial charge in [0.15, 0.2) is 0 Å². The van der Waals surface area contributed by atoms with Gasteiger partial charge in [0.2, 0.25) is 5.91 Å². The van der Waals surface area contributed by atoms with Crippen LogP contribution < -0.4 is 4.74 Å². The van der Waals surface area contributed by atoms with E-state index in [-0.39, 0.29) is 24.1 Å². The number of carbonyl (C=O) groups is 2. The van der Waals surface area contributed by atoms with Gasteiger partial charge >= 0.3 is 0 Å². The van der Waals surface area contributed by atoms with Crippen LogP contribution in [0.25, 0.3) is 0 Å². The van der Waals surface area contributed by atoms with Crippen LogP contribution in [0.4, 0.5) is 4.39 Å². The number of ether oxygens (including phenoxy) is 1. The molecule has 2 amide bonds. The van der Waals surface area contributed by atoms with Crippen LogP contribution in [0.3, 0.4) is 0 Å². The van der Waals surface area contributed by atoms with Gasteiger partial charge in [-0.05, 0) is 35.9 Å². The minimum absolute atomic E-state index is 0.00918. The molecule has 1 heterocycles. The van der Waals surface area contributed by atoms with Crippen LogP contribution in [-0.2, 0) is 11.2 Å². The van der Waals surface area contributed by atoms with E-state index in [4.69, 9.17) is 4.74 Å². The van der Waals surface area contributed by atoms with Gasteiger partial charge in [-0.3, -0.25) is 9.59 Å². The third-order valence-electron chi connectivity index (χ3n) is 4.50. The number of benzene rings is 2. The lowest BCUT2D eigenvalue weighted by atomic mass is 10.1. The van der Waals surface area contributed by atoms with Crippen LogP contribution in [0.2, 0.25) is 0 Å². The highest BCUT2D eigenvalue weighted by Gasteiger charge is 2.25. The zero-order valence-corrected chi connectivity index (χ0v) is 14.7. The maximum Gasteiger partial charge on any atom is 0.254 e. The van der Waals surface area contributed by atoms with Gasteiger partial charge in [0.1, 0.15) is 11.6 Å². The fourth-order valence-electron chi connectivity index (χ4n) is 2.99.